The quantitative estimate of drug-likeness (QED) is 0.808. The molecule has 0 radical (unpaired) electrons. The Labute approximate surface area is 114 Å². The van der Waals surface area contributed by atoms with Crippen LogP contribution in [0.1, 0.15) is 18.4 Å². The standard InChI is InChI=1S/C15H19N3O/c1-17(10-4-9-16)15(19)8-12-18-11-7-13-5-2-3-6-14(13)18/h2-3,5-6H,4,7-8,10-12H2,1H3. The molecule has 1 aromatic rings. The largest absolute Gasteiger partial charge is 0.370 e. The maximum absolute atomic E-state index is 11.9. The van der Waals surface area contributed by atoms with Crippen LogP contribution in [-0.4, -0.2) is 37.5 Å². The minimum Gasteiger partial charge on any atom is -0.370 e. The van der Waals surface area contributed by atoms with Gasteiger partial charge in [-0.1, -0.05) is 18.2 Å². The van der Waals surface area contributed by atoms with Crippen molar-refractivity contribution in [1.29, 1.82) is 5.26 Å². The maximum Gasteiger partial charge on any atom is 0.224 e. The zero-order chi connectivity index (χ0) is 13.7. The first-order chi connectivity index (χ1) is 9.22. The van der Waals surface area contributed by atoms with Crippen molar-refractivity contribution in [3.05, 3.63) is 29.8 Å². The number of hydrogen-bond donors (Lipinski definition) is 0. The highest BCUT2D eigenvalue weighted by atomic mass is 16.2. The lowest BCUT2D eigenvalue weighted by atomic mass is 10.2. The third-order valence-corrected chi connectivity index (χ3v) is 3.56. The third kappa shape index (κ3) is 3.25. The summed E-state index contributed by atoms with van der Waals surface area (Å²) in [6, 6.07) is 10.4. The van der Waals surface area contributed by atoms with E-state index in [-0.39, 0.29) is 5.91 Å². The Hall–Kier alpha value is -2.02. The summed E-state index contributed by atoms with van der Waals surface area (Å²) in [7, 11) is 1.76. The fourth-order valence-electron chi connectivity index (χ4n) is 2.40. The third-order valence-electron chi connectivity index (χ3n) is 3.56. The van der Waals surface area contributed by atoms with Crippen LogP contribution < -0.4 is 4.90 Å². The van der Waals surface area contributed by atoms with Crippen molar-refractivity contribution in [3.63, 3.8) is 0 Å². The van der Waals surface area contributed by atoms with Crippen LogP contribution in [0.5, 0.6) is 0 Å². The first-order valence-corrected chi connectivity index (χ1v) is 6.66. The van der Waals surface area contributed by atoms with Gasteiger partial charge in [-0.2, -0.15) is 5.26 Å². The zero-order valence-corrected chi connectivity index (χ0v) is 11.3. The molecule has 19 heavy (non-hydrogen) atoms. The molecule has 0 aromatic heterocycles. The summed E-state index contributed by atoms with van der Waals surface area (Å²) < 4.78 is 0. The molecule has 0 spiro atoms. The minimum absolute atomic E-state index is 0.111. The fourth-order valence-corrected chi connectivity index (χ4v) is 2.40. The number of amides is 1. The molecule has 0 bridgehead atoms. The Balaban J connectivity index is 1.84. The van der Waals surface area contributed by atoms with E-state index in [9.17, 15) is 4.79 Å². The van der Waals surface area contributed by atoms with Gasteiger partial charge in [0.25, 0.3) is 0 Å². The molecule has 1 amide bonds. The Morgan fingerprint density at radius 1 is 1.47 bits per heavy atom. The van der Waals surface area contributed by atoms with Crippen molar-refractivity contribution in [2.75, 3.05) is 31.6 Å². The van der Waals surface area contributed by atoms with Crippen LogP contribution in [0.15, 0.2) is 24.3 Å². The molecule has 0 N–H and O–H groups in total. The summed E-state index contributed by atoms with van der Waals surface area (Å²) in [6.45, 7) is 2.27. The maximum atomic E-state index is 11.9. The van der Waals surface area contributed by atoms with Crippen molar-refractivity contribution in [1.82, 2.24) is 4.90 Å². The summed E-state index contributed by atoms with van der Waals surface area (Å²) >= 11 is 0. The van der Waals surface area contributed by atoms with Crippen LogP contribution in [0.2, 0.25) is 0 Å². The van der Waals surface area contributed by atoms with Gasteiger partial charge < -0.3 is 9.80 Å². The SMILES string of the molecule is CN(CCC#N)C(=O)CCN1CCc2ccccc21. The Morgan fingerprint density at radius 3 is 3.05 bits per heavy atom. The molecule has 0 unspecified atom stereocenters. The summed E-state index contributed by atoms with van der Waals surface area (Å²) in [4.78, 5) is 15.8. The number of carbonyl (C=O) groups excluding carboxylic acids is 1. The van der Waals surface area contributed by atoms with Crippen LogP contribution >= 0.6 is 0 Å². The number of carbonyl (C=O) groups is 1. The molecule has 4 nitrogen and oxygen atoms in total. The Bertz CT molecular complexity index is 492. The number of rotatable bonds is 5. The monoisotopic (exact) mass is 257 g/mol. The van der Waals surface area contributed by atoms with Gasteiger partial charge >= 0.3 is 0 Å². The summed E-state index contributed by atoms with van der Waals surface area (Å²) in [5.74, 6) is 0.111. The van der Waals surface area contributed by atoms with E-state index in [1.807, 2.05) is 6.07 Å². The lowest BCUT2D eigenvalue weighted by molar-refractivity contribution is -0.129. The average Bonchev–Trinajstić information content (AvgIpc) is 2.85. The Kier molecular flexibility index (Phi) is 4.40. The normalized spacial score (nSPS) is 12.9. The molecular weight excluding hydrogens is 238 g/mol. The van der Waals surface area contributed by atoms with Crippen molar-refractivity contribution in [3.8, 4) is 6.07 Å². The Morgan fingerprint density at radius 2 is 2.26 bits per heavy atom. The molecule has 2 rings (SSSR count). The van der Waals surface area contributed by atoms with Crippen molar-refractivity contribution in [2.24, 2.45) is 0 Å². The zero-order valence-electron chi connectivity index (χ0n) is 11.3. The van der Waals surface area contributed by atoms with Gasteiger partial charge in [0.1, 0.15) is 0 Å². The smallest absolute Gasteiger partial charge is 0.224 e. The van der Waals surface area contributed by atoms with E-state index in [4.69, 9.17) is 5.26 Å². The lowest BCUT2D eigenvalue weighted by Crippen LogP contribution is -2.32. The number of nitriles is 1. The second kappa shape index (κ2) is 6.24. The molecule has 0 saturated heterocycles. The molecule has 0 aliphatic carbocycles. The first-order valence-electron chi connectivity index (χ1n) is 6.66. The summed E-state index contributed by atoms with van der Waals surface area (Å²) in [5.41, 5.74) is 2.63. The molecule has 1 aliphatic heterocycles. The van der Waals surface area contributed by atoms with Crippen molar-refractivity contribution < 1.29 is 4.79 Å². The number of hydrogen-bond acceptors (Lipinski definition) is 3. The number of nitrogens with zero attached hydrogens (tertiary/aromatic N) is 3. The number of anilines is 1. The van der Waals surface area contributed by atoms with Gasteiger partial charge in [-0.3, -0.25) is 4.79 Å². The number of fused-ring (bicyclic) bond motifs is 1. The van der Waals surface area contributed by atoms with E-state index >= 15 is 0 Å². The number of para-hydroxylation sites is 1. The highest BCUT2D eigenvalue weighted by Gasteiger charge is 2.19. The van der Waals surface area contributed by atoms with Gasteiger partial charge in [-0.05, 0) is 18.1 Å². The van der Waals surface area contributed by atoms with Crippen LogP contribution in [0.3, 0.4) is 0 Å². The van der Waals surface area contributed by atoms with E-state index in [1.165, 1.54) is 11.3 Å². The van der Waals surface area contributed by atoms with Crippen LogP contribution in [-0.2, 0) is 11.2 Å². The highest BCUT2D eigenvalue weighted by Crippen LogP contribution is 2.27. The predicted molar refractivity (Wildman–Crippen MR) is 74.8 cm³/mol. The predicted octanol–water partition coefficient (Wildman–Crippen LogP) is 1.81. The van der Waals surface area contributed by atoms with Crippen LogP contribution in [0.4, 0.5) is 5.69 Å². The van der Waals surface area contributed by atoms with Crippen LogP contribution in [0, 0.1) is 11.3 Å². The molecular formula is C15H19N3O. The highest BCUT2D eigenvalue weighted by molar-refractivity contribution is 5.76. The lowest BCUT2D eigenvalue weighted by Gasteiger charge is -2.21. The molecule has 0 fully saturated rings. The molecule has 0 saturated carbocycles. The van der Waals surface area contributed by atoms with Gasteiger partial charge in [0.15, 0.2) is 0 Å². The summed E-state index contributed by atoms with van der Waals surface area (Å²) in [5, 5.41) is 8.51. The number of benzene rings is 1. The average molecular weight is 257 g/mol. The van der Waals surface area contributed by atoms with E-state index in [1.54, 1.807) is 11.9 Å². The second-order valence-corrected chi connectivity index (χ2v) is 4.84. The van der Waals surface area contributed by atoms with E-state index in [0.29, 0.717) is 19.4 Å². The molecule has 1 heterocycles. The van der Waals surface area contributed by atoms with Gasteiger partial charge in [0.2, 0.25) is 5.91 Å². The van der Waals surface area contributed by atoms with Crippen molar-refractivity contribution in [2.45, 2.75) is 19.3 Å². The summed E-state index contributed by atoms with van der Waals surface area (Å²) in [6.07, 6.45) is 1.97. The van der Waals surface area contributed by atoms with Gasteiger partial charge in [0.05, 0.1) is 12.5 Å². The molecule has 1 aliphatic rings. The van der Waals surface area contributed by atoms with Crippen molar-refractivity contribution >= 4 is 11.6 Å². The first kappa shape index (κ1) is 13.4. The minimum atomic E-state index is 0.111. The second-order valence-electron chi connectivity index (χ2n) is 4.84. The van der Waals surface area contributed by atoms with E-state index in [2.05, 4.69) is 29.2 Å². The van der Waals surface area contributed by atoms with Gasteiger partial charge in [-0.15, -0.1) is 0 Å². The van der Waals surface area contributed by atoms with Gasteiger partial charge in [0, 0.05) is 38.8 Å². The molecule has 0 atom stereocenters. The molecule has 1 aromatic carbocycles. The van der Waals surface area contributed by atoms with Crippen LogP contribution in [0.25, 0.3) is 0 Å². The van der Waals surface area contributed by atoms with E-state index in [0.717, 1.165) is 19.5 Å². The fraction of sp³-hybridized carbons (Fsp3) is 0.467. The van der Waals surface area contributed by atoms with Gasteiger partial charge in [-0.25, -0.2) is 0 Å². The van der Waals surface area contributed by atoms with E-state index < -0.39 is 0 Å². The molecule has 100 valence electrons. The molecule has 4 heteroatoms. The topological polar surface area (TPSA) is 47.3 Å².